The van der Waals surface area contributed by atoms with Crippen molar-refractivity contribution in [3.8, 4) is 17.2 Å². The maximum absolute atomic E-state index is 5.49. The van der Waals surface area contributed by atoms with Crippen LogP contribution in [-0.4, -0.2) is 19.8 Å². The summed E-state index contributed by atoms with van der Waals surface area (Å²) < 4.78 is 16.3. The third-order valence-corrected chi connectivity index (χ3v) is 4.66. The van der Waals surface area contributed by atoms with Gasteiger partial charge in [-0.25, -0.2) is 0 Å². The van der Waals surface area contributed by atoms with Gasteiger partial charge in [-0.05, 0) is 18.2 Å². The molecule has 0 fully saturated rings. The molecule has 2 aliphatic heterocycles. The Kier molecular flexibility index (Phi) is 4.47. The topological polar surface area (TPSA) is 27.7 Å². The van der Waals surface area contributed by atoms with E-state index >= 15 is 0 Å². The van der Waals surface area contributed by atoms with Gasteiger partial charge in [-0.3, -0.25) is 0 Å². The van der Waals surface area contributed by atoms with Crippen LogP contribution in [0.4, 0.5) is 0 Å². The van der Waals surface area contributed by atoms with Gasteiger partial charge in [0, 0.05) is 27.6 Å². The largest absolute Gasteiger partial charge is 0.492 e. The van der Waals surface area contributed by atoms with E-state index < -0.39 is 0 Å². The van der Waals surface area contributed by atoms with Crippen molar-refractivity contribution in [3.05, 3.63) is 27.1 Å². The van der Waals surface area contributed by atoms with Crippen molar-refractivity contribution in [2.24, 2.45) is 5.92 Å². The molecule has 4 rings (SSSR count). The molecule has 20 heavy (non-hydrogen) atoms. The van der Waals surface area contributed by atoms with Crippen molar-refractivity contribution < 1.29 is 14.2 Å². The van der Waals surface area contributed by atoms with E-state index in [-0.39, 0.29) is 0 Å². The number of hydrogen-bond acceptors (Lipinski definition) is 5. The first-order chi connectivity index (χ1) is 9.83. The van der Waals surface area contributed by atoms with Crippen LogP contribution >= 0.6 is 22.7 Å². The van der Waals surface area contributed by atoms with Gasteiger partial charge in [0.1, 0.15) is 5.75 Å². The van der Waals surface area contributed by atoms with E-state index in [1.807, 2.05) is 10.8 Å². The predicted molar refractivity (Wildman–Crippen MR) is 82.6 cm³/mol. The molecule has 2 aromatic rings. The number of thiophene rings is 2. The third kappa shape index (κ3) is 3.27. The standard InChI is InChI=1S/C8H10O2S.C7H8OS/c1-6-2-9-7-4-11-5-8(7)10-3-6;1-2-6-4-9-5-7(6)8-3-1/h4-6H,2-3H2,1H3;4-5H,1-3H2. The van der Waals surface area contributed by atoms with Crippen molar-refractivity contribution >= 4 is 22.7 Å². The van der Waals surface area contributed by atoms with E-state index in [0.717, 1.165) is 37.1 Å². The summed E-state index contributed by atoms with van der Waals surface area (Å²) >= 11 is 3.35. The molecule has 0 aliphatic carbocycles. The van der Waals surface area contributed by atoms with Gasteiger partial charge >= 0.3 is 0 Å². The van der Waals surface area contributed by atoms with Crippen molar-refractivity contribution in [2.45, 2.75) is 19.8 Å². The van der Waals surface area contributed by atoms with Crippen LogP contribution in [0.1, 0.15) is 18.9 Å². The summed E-state index contributed by atoms with van der Waals surface area (Å²) in [7, 11) is 0. The summed E-state index contributed by atoms with van der Waals surface area (Å²) in [6.07, 6.45) is 2.39. The van der Waals surface area contributed by atoms with Crippen LogP contribution in [0.5, 0.6) is 17.2 Å². The van der Waals surface area contributed by atoms with Gasteiger partial charge in [-0.2, -0.15) is 0 Å². The van der Waals surface area contributed by atoms with E-state index in [1.165, 1.54) is 18.4 Å². The highest BCUT2D eigenvalue weighted by Crippen LogP contribution is 2.33. The molecule has 0 spiro atoms. The first kappa shape index (κ1) is 13.8. The zero-order valence-corrected chi connectivity index (χ0v) is 13.1. The molecule has 4 heterocycles. The average molecular weight is 310 g/mol. The molecule has 2 aliphatic rings. The van der Waals surface area contributed by atoms with Gasteiger partial charge in [0.25, 0.3) is 0 Å². The molecular weight excluding hydrogens is 292 g/mol. The lowest BCUT2D eigenvalue weighted by atomic mass is 10.1. The van der Waals surface area contributed by atoms with Crippen molar-refractivity contribution in [2.75, 3.05) is 19.8 Å². The zero-order valence-electron chi connectivity index (χ0n) is 11.5. The molecule has 2 aromatic heterocycles. The summed E-state index contributed by atoms with van der Waals surface area (Å²) in [4.78, 5) is 0. The van der Waals surface area contributed by atoms with Crippen molar-refractivity contribution in [1.82, 2.24) is 0 Å². The van der Waals surface area contributed by atoms with Gasteiger partial charge in [-0.1, -0.05) is 6.92 Å². The Morgan fingerprint density at radius 3 is 2.25 bits per heavy atom. The Bertz CT molecular complexity index is 504. The maximum Gasteiger partial charge on any atom is 0.171 e. The molecule has 0 aromatic carbocycles. The molecule has 108 valence electrons. The smallest absolute Gasteiger partial charge is 0.171 e. The Balaban J connectivity index is 0.000000123. The number of ether oxygens (including phenoxy) is 3. The van der Waals surface area contributed by atoms with Crippen LogP contribution in [-0.2, 0) is 6.42 Å². The SMILES string of the molecule is CC1COc2cscc2OC1.c1scc2c1CCCO2. The first-order valence-electron chi connectivity index (χ1n) is 6.82. The second kappa shape index (κ2) is 6.50. The van der Waals surface area contributed by atoms with E-state index in [9.17, 15) is 0 Å². The lowest BCUT2D eigenvalue weighted by Crippen LogP contribution is -2.12. The van der Waals surface area contributed by atoms with Gasteiger partial charge in [-0.15, -0.1) is 22.7 Å². The molecule has 3 nitrogen and oxygen atoms in total. The molecule has 0 atom stereocenters. The maximum atomic E-state index is 5.49. The van der Waals surface area contributed by atoms with Crippen LogP contribution in [0.25, 0.3) is 0 Å². The molecule has 0 bridgehead atoms. The normalized spacial score (nSPS) is 17.2. The molecule has 0 N–H and O–H groups in total. The number of fused-ring (bicyclic) bond motifs is 2. The number of hydrogen-bond donors (Lipinski definition) is 0. The minimum Gasteiger partial charge on any atom is -0.492 e. The summed E-state index contributed by atoms with van der Waals surface area (Å²) in [5.74, 6) is 3.41. The summed E-state index contributed by atoms with van der Waals surface area (Å²) in [6.45, 7) is 4.56. The second-order valence-corrected chi connectivity index (χ2v) is 6.53. The van der Waals surface area contributed by atoms with E-state index in [1.54, 1.807) is 22.7 Å². The summed E-state index contributed by atoms with van der Waals surface area (Å²) in [6, 6.07) is 0. The highest BCUT2D eigenvalue weighted by molar-refractivity contribution is 7.08. The summed E-state index contributed by atoms with van der Waals surface area (Å²) in [5, 5.41) is 8.21. The van der Waals surface area contributed by atoms with Crippen LogP contribution in [0.2, 0.25) is 0 Å². The van der Waals surface area contributed by atoms with Gasteiger partial charge in [0.15, 0.2) is 11.5 Å². The van der Waals surface area contributed by atoms with Crippen LogP contribution in [0, 0.1) is 5.92 Å². The van der Waals surface area contributed by atoms with Gasteiger partial charge in [0.2, 0.25) is 0 Å². The highest BCUT2D eigenvalue weighted by Gasteiger charge is 2.14. The van der Waals surface area contributed by atoms with Crippen molar-refractivity contribution in [3.63, 3.8) is 0 Å². The summed E-state index contributed by atoms with van der Waals surface area (Å²) in [5.41, 5.74) is 1.39. The monoisotopic (exact) mass is 310 g/mol. The fraction of sp³-hybridized carbons (Fsp3) is 0.467. The van der Waals surface area contributed by atoms with E-state index in [4.69, 9.17) is 14.2 Å². The molecule has 0 radical (unpaired) electrons. The van der Waals surface area contributed by atoms with E-state index in [2.05, 4.69) is 17.7 Å². The molecule has 0 amide bonds. The van der Waals surface area contributed by atoms with Crippen LogP contribution in [0.3, 0.4) is 0 Å². The Hall–Kier alpha value is -1.20. The lowest BCUT2D eigenvalue weighted by Gasteiger charge is -2.11. The number of rotatable bonds is 0. The van der Waals surface area contributed by atoms with Gasteiger partial charge in [0.05, 0.1) is 19.8 Å². The average Bonchev–Trinajstić information content (AvgIpc) is 3.09. The molecule has 0 saturated heterocycles. The van der Waals surface area contributed by atoms with Crippen molar-refractivity contribution in [1.29, 1.82) is 0 Å². The second-order valence-electron chi connectivity index (χ2n) is 5.04. The Labute approximate surface area is 127 Å². The predicted octanol–water partition coefficient (Wildman–Crippen LogP) is 4.23. The van der Waals surface area contributed by atoms with Gasteiger partial charge < -0.3 is 14.2 Å². The van der Waals surface area contributed by atoms with E-state index in [0.29, 0.717) is 5.92 Å². The molecule has 5 heteroatoms. The molecule has 0 unspecified atom stereocenters. The minimum atomic E-state index is 0.493. The number of aryl methyl sites for hydroxylation is 1. The quantitative estimate of drug-likeness (QED) is 0.729. The fourth-order valence-electron chi connectivity index (χ4n) is 2.06. The fourth-order valence-corrected chi connectivity index (χ4v) is 3.55. The van der Waals surface area contributed by atoms with Crippen LogP contribution in [0.15, 0.2) is 21.5 Å². The lowest BCUT2D eigenvalue weighted by molar-refractivity contribution is 0.228. The highest BCUT2D eigenvalue weighted by atomic mass is 32.1. The minimum absolute atomic E-state index is 0.493. The Morgan fingerprint density at radius 1 is 0.900 bits per heavy atom. The first-order valence-corrected chi connectivity index (χ1v) is 8.71. The molecular formula is C15H18O3S2. The Morgan fingerprint density at radius 2 is 1.55 bits per heavy atom. The third-order valence-electron chi connectivity index (χ3n) is 3.19. The zero-order chi connectivity index (χ0) is 13.8. The van der Waals surface area contributed by atoms with Crippen LogP contribution < -0.4 is 14.2 Å². The molecule has 0 saturated carbocycles.